The first kappa shape index (κ1) is 24.1. The van der Waals surface area contributed by atoms with Gasteiger partial charge in [0.1, 0.15) is 4.70 Å². The number of aromatic nitrogens is 3. The summed E-state index contributed by atoms with van der Waals surface area (Å²) in [6.45, 7) is 0.0802. The van der Waals surface area contributed by atoms with Gasteiger partial charge in [0.05, 0.1) is 30.1 Å². The van der Waals surface area contributed by atoms with Crippen LogP contribution in [-0.4, -0.2) is 27.4 Å². The van der Waals surface area contributed by atoms with E-state index >= 15 is 0 Å². The molecular weight excluding hydrogens is 493 g/mol. The Kier molecular flexibility index (Phi) is 7.19. The van der Waals surface area contributed by atoms with Gasteiger partial charge in [0.25, 0.3) is 5.56 Å². The average Bonchev–Trinajstić information content (AvgIpc) is 3.29. The Morgan fingerprint density at radius 3 is 2.77 bits per heavy atom. The lowest BCUT2D eigenvalue weighted by Crippen LogP contribution is -2.36. The maximum absolute atomic E-state index is 14.0. The molecule has 0 spiro atoms. The van der Waals surface area contributed by atoms with E-state index < -0.39 is 17.1 Å². The zero-order valence-electron chi connectivity index (χ0n) is 18.3. The molecule has 0 fully saturated rings. The van der Waals surface area contributed by atoms with Crippen molar-refractivity contribution in [3.05, 3.63) is 86.2 Å². The minimum absolute atomic E-state index is 0.00358. The molecule has 3 aromatic heterocycles. The molecule has 0 saturated heterocycles. The molecule has 0 aliphatic heterocycles. The molecule has 0 aliphatic rings. The molecule has 11 heteroatoms. The smallest absolute Gasteiger partial charge is 0.335 e. The predicted octanol–water partition coefficient (Wildman–Crippen LogP) is 4.55. The van der Waals surface area contributed by atoms with Crippen LogP contribution in [0.1, 0.15) is 12.0 Å². The number of nitriles is 1. The quantitative estimate of drug-likeness (QED) is 0.340. The summed E-state index contributed by atoms with van der Waals surface area (Å²) >= 11 is 7.37. The number of rotatable bonds is 7. The van der Waals surface area contributed by atoms with Crippen LogP contribution >= 0.6 is 22.9 Å². The number of thiophene rings is 1. The van der Waals surface area contributed by atoms with E-state index in [0.717, 1.165) is 27.5 Å². The van der Waals surface area contributed by atoms with Crippen LogP contribution in [0.5, 0.6) is 5.75 Å². The molecule has 35 heavy (non-hydrogen) atoms. The second-order valence-corrected chi connectivity index (χ2v) is 8.63. The normalized spacial score (nSPS) is 11.5. The number of hydrogen-bond acceptors (Lipinski definition) is 7. The number of fused-ring (bicyclic) bond motifs is 1. The highest BCUT2D eigenvalue weighted by atomic mass is 35.5. The lowest BCUT2D eigenvalue weighted by Gasteiger charge is -2.07. The molecule has 0 amide bonds. The lowest BCUT2D eigenvalue weighted by molar-refractivity contribution is 0.387. The molecular formula is C24H17ClFN5O3S. The van der Waals surface area contributed by atoms with Crippen molar-refractivity contribution < 1.29 is 9.13 Å². The number of halogens is 2. The van der Waals surface area contributed by atoms with Crippen LogP contribution in [0.3, 0.4) is 0 Å². The van der Waals surface area contributed by atoms with Gasteiger partial charge in [0, 0.05) is 48.0 Å². The van der Waals surface area contributed by atoms with Gasteiger partial charge in [-0.1, -0.05) is 11.6 Å². The molecule has 0 atom stereocenters. The molecule has 176 valence electrons. The van der Waals surface area contributed by atoms with Crippen LogP contribution in [0.15, 0.2) is 63.5 Å². The van der Waals surface area contributed by atoms with Gasteiger partial charge in [0.2, 0.25) is 0 Å². The third-order valence-electron chi connectivity index (χ3n) is 5.04. The van der Waals surface area contributed by atoms with Crippen LogP contribution in [0.4, 0.5) is 4.39 Å². The van der Waals surface area contributed by atoms with Gasteiger partial charge in [-0.3, -0.25) is 19.3 Å². The molecule has 0 saturated carbocycles. The monoisotopic (exact) mass is 509 g/mol. The number of methoxy groups -OCH3 is 1. The maximum atomic E-state index is 14.0. The van der Waals surface area contributed by atoms with E-state index in [2.05, 4.69) is 9.98 Å². The van der Waals surface area contributed by atoms with Crippen molar-refractivity contribution in [2.24, 2.45) is 4.99 Å². The third kappa shape index (κ3) is 4.91. The Balaban J connectivity index is 1.85. The van der Waals surface area contributed by atoms with E-state index in [1.807, 2.05) is 6.07 Å². The van der Waals surface area contributed by atoms with E-state index in [4.69, 9.17) is 21.6 Å². The van der Waals surface area contributed by atoms with Gasteiger partial charge in [-0.05, 0) is 35.9 Å². The predicted molar refractivity (Wildman–Crippen MR) is 135 cm³/mol. The number of aliphatic imine (C=N–C) groups is 1. The van der Waals surface area contributed by atoms with Crippen molar-refractivity contribution >= 4 is 45.6 Å². The SMILES string of the molecule is COc1cc(-c2cc3c(s2)c(=O)n(/C=C/N=Cc2ccncc2)c(=O)n3CCC#N)c(Cl)cc1F. The van der Waals surface area contributed by atoms with Crippen molar-refractivity contribution in [1.82, 2.24) is 14.1 Å². The average molecular weight is 510 g/mol. The first-order valence-electron chi connectivity index (χ1n) is 10.2. The molecule has 3 heterocycles. The van der Waals surface area contributed by atoms with Crippen LogP contribution in [-0.2, 0) is 6.54 Å². The summed E-state index contributed by atoms with van der Waals surface area (Å²) in [6, 6.07) is 9.73. The molecule has 4 aromatic rings. The second kappa shape index (κ2) is 10.5. The molecule has 1 aromatic carbocycles. The molecule has 0 unspecified atom stereocenters. The topological polar surface area (TPSA) is 102 Å². The summed E-state index contributed by atoms with van der Waals surface area (Å²) < 4.78 is 21.6. The number of ether oxygens (including phenoxy) is 1. The van der Waals surface area contributed by atoms with Crippen LogP contribution in [0.25, 0.3) is 26.9 Å². The number of aryl methyl sites for hydroxylation is 1. The van der Waals surface area contributed by atoms with E-state index in [1.54, 1.807) is 36.8 Å². The molecule has 0 aliphatic carbocycles. The van der Waals surface area contributed by atoms with E-state index in [9.17, 15) is 14.0 Å². The van der Waals surface area contributed by atoms with E-state index in [-0.39, 0.29) is 28.4 Å². The molecule has 0 N–H and O–H groups in total. The van der Waals surface area contributed by atoms with Gasteiger partial charge in [-0.25, -0.2) is 13.8 Å². The number of nitrogens with zero attached hydrogens (tertiary/aromatic N) is 5. The highest BCUT2D eigenvalue weighted by Gasteiger charge is 2.19. The van der Waals surface area contributed by atoms with Gasteiger partial charge >= 0.3 is 5.69 Å². The highest BCUT2D eigenvalue weighted by Crippen LogP contribution is 2.38. The van der Waals surface area contributed by atoms with Crippen molar-refractivity contribution in [3.63, 3.8) is 0 Å². The maximum Gasteiger partial charge on any atom is 0.335 e. The lowest BCUT2D eigenvalue weighted by atomic mass is 10.1. The Bertz CT molecular complexity index is 1620. The first-order chi connectivity index (χ1) is 16.9. The van der Waals surface area contributed by atoms with Gasteiger partial charge in [-0.2, -0.15) is 5.26 Å². The van der Waals surface area contributed by atoms with Crippen molar-refractivity contribution in [2.45, 2.75) is 13.0 Å². The summed E-state index contributed by atoms with van der Waals surface area (Å²) in [5.41, 5.74) is 0.456. The minimum atomic E-state index is -0.617. The number of hydrogen-bond donors (Lipinski definition) is 0. The fourth-order valence-electron chi connectivity index (χ4n) is 3.36. The largest absolute Gasteiger partial charge is 0.494 e. The molecule has 4 rings (SSSR count). The van der Waals surface area contributed by atoms with Gasteiger partial charge < -0.3 is 4.74 Å². The molecule has 8 nitrogen and oxygen atoms in total. The highest BCUT2D eigenvalue weighted by molar-refractivity contribution is 7.22. The zero-order chi connectivity index (χ0) is 24.9. The van der Waals surface area contributed by atoms with E-state index in [1.165, 1.54) is 30.1 Å². The van der Waals surface area contributed by atoms with Crippen LogP contribution < -0.4 is 16.0 Å². The molecule has 0 radical (unpaired) electrons. The number of pyridine rings is 1. The minimum Gasteiger partial charge on any atom is -0.494 e. The summed E-state index contributed by atoms with van der Waals surface area (Å²) in [4.78, 5) is 35.0. The first-order valence-corrected chi connectivity index (χ1v) is 11.4. The molecule has 0 bridgehead atoms. The standard InChI is InChI=1S/C24H17ClFN5O3S/c1-34-20-11-16(17(25)12-18(20)26)21-13-19-22(35-21)23(32)31(24(33)30(19)9-2-5-27)10-8-29-14-15-3-6-28-7-4-15/h3-4,6-8,10-14H,2,9H2,1H3/b10-8+,29-14?. The van der Waals surface area contributed by atoms with Crippen molar-refractivity contribution in [3.8, 4) is 22.3 Å². The van der Waals surface area contributed by atoms with Crippen molar-refractivity contribution in [2.75, 3.05) is 7.11 Å². The summed E-state index contributed by atoms with van der Waals surface area (Å²) in [5, 5.41) is 9.19. The zero-order valence-corrected chi connectivity index (χ0v) is 19.9. The van der Waals surface area contributed by atoms with Crippen molar-refractivity contribution in [1.29, 1.82) is 5.26 Å². The Morgan fingerprint density at radius 2 is 2.06 bits per heavy atom. The summed E-state index contributed by atoms with van der Waals surface area (Å²) in [7, 11) is 1.34. The third-order valence-corrected chi connectivity index (χ3v) is 6.50. The van der Waals surface area contributed by atoms with Crippen LogP contribution in [0, 0.1) is 17.1 Å². The number of benzene rings is 1. The van der Waals surface area contributed by atoms with Gasteiger partial charge in [-0.15, -0.1) is 11.3 Å². The second-order valence-electron chi connectivity index (χ2n) is 7.17. The Morgan fingerprint density at radius 1 is 1.29 bits per heavy atom. The Labute approximate surface area is 207 Å². The summed E-state index contributed by atoms with van der Waals surface area (Å²) in [6.07, 6.45) is 7.47. The van der Waals surface area contributed by atoms with E-state index in [0.29, 0.717) is 16.0 Å². The van der Waals surface area contributed by atoms with Gasteiger partial charge in [0.15, 0.2) is 11.6 Å². The fourth-order valence-corrected chi connectivity index (χ4v) is 4.80. The fraction of sp³-hybridized carbons (Fsp3) is 0.125. The summed E-state index contributed by atoms with van der Waals surface area (Å²) in [5.74, 6) is -0.621. The Hall–Kier alpha value is -4.07. The van der Waals surface area contributed by atoms with Crippen LogP contribution in [0.2, 0.25) is 5.02 Å².